The van der Waals surface area contributed by atoms with Crippen LogP contribution in [0.2, 0.25) is 0 Å². The summed E-state index contributed by atoms with van der Waals surface area (Å²) in [6.07, 6.45) is 0. The molecule has 0 spiro atoms. The molecule has 3 nitrogen and oxygen atoms in total. The van der Waals surface area contributed by atoms with Gasteiger partial charge in [0.2, 0.25) is 0 Å². The lowest BCUT2D eigenvalue weighted by atomic mass is 10.1. The van der Waals surface area contributed by atoms with E-state index >= 15 is 0 Å². The maximum Gasteiger partial charge on any atom is 0.251 e. The van der Waals surface area contributed by atoms with Crippen molar-refractivity contribution in [3.63, 3.8) is 0 Å². The number of nitrogens with one attached hydrogen (secondary N) is 2. The van der Waals surface area contributed by atoms with E-state index < -0.39 is 0 Å². The van der Waals surface area contributed by atoms with Gasteiger partial charge in [-0.25, -0.2) is 0 Å². The number of likely N-dealkylation sites (N-methyl/N-ethyl adjacent to an activating group) is 1. The monoisotopic (exact) mass is 283 g/mol. The summed E-state index contributed by atoms with van der Waals surface area (Å²) in [6, 6.07) is 18.2. The standard InChI is InChI=1S/C18H22N2O/c1-14-8-7-11-16(12-14)18(21)19-13-17(20(2)3)15-9-5-4-6-10-15/h4-12,17H,13H2,1-3H3,(H,19,21)/p+1/t17-/m0/s1. The second kappa shape index (κ2) is 7.04. The van der Waals surface area contributed by atoms with E-state index in [0.717, 1.165) is 11.1 Å². The average Bonchev–Trinajstić information content (AvgIpc) is 2.48. The molecule has 2 rings (SSSR count). The second-order valence-electron chi connectivity index (χ2n) is 5.62. The summed E-state index contributed by atoms with van der Waals surface area (Å²) in [5.41, 5.74) is 3.05. The number of rotatable bonds is 5. The molecule has 0 aliphatic rings. The number of hydrogen-bond donors (Lipinski definition) is 2. The molecule has 0 saturated carbocycles. The molecule has 0 aliphatic heterocycles. The van der Waals surface area contributed by atoms with Gasteiger partial charge in [0.1, 0.15) is 6.04 Å². The summed E-state index contributed by atoms with van der Waals surface area (Å²) >= 11 is 0. The second-order valence-corrected chi connectivity index (χ2v) is 5.62. The van der Waals surface area contributed by atoms with Crippen molar-refractivity contribution in [3.8, 4) is 0 Å². The van der Waals surface area contributed by atoms with Gasteiger partial charge in [0.25, 0.3) is 5.91 Å². The highest BCUT2D eigenvalue weighted by atomic mass is 16.1. The molecule has 0 aromatic heterocycles. The molecule has 0 heterocycles. The zero-order valence-corrected chi connectivity index (χ0v) is 12.9. The predicted octanol–water partition coefficient (Wildman–Crippen LogP) is 1.61. The van der Waals surface area contributed by atoms with Crippen molar-refractivity contribution in [1.82, 2.24) is 5.32 Å². The Morgan fingerprint density at radius 2 is 1.81 bits per heavy atom. The maximum atomic E-state index is 12.2. The highest BCUT2D eigenvalue weighted by Crippen LogP contribution is 2.09. The van der Waals surface area contributed by atoms with Gasteiger partial charge >= 0.3 is 0 Å². The third-order valence-corrected chi connectivity index (χ3v) is 3.65. The van der Waals surface area contributed by atoms with Gasteiger partial charge in [-0.2, -0.15) is 0 Å². The first-order valence-corrected chi connectivity index (χ1v) is 7.28. The molecule has 0 radical (unpaired) electrons. The Hall–Kier alpha value is -2.13. The van der Waals surface area contributed by atoms with Crippen LogP contribution in [0.1, 0.15) is 27.5 Å². The number of carbonyl (C=O) groups is 1. The van der Waals surface area contributed by atoms with E-state index in [0.29, 0.717) is 6.54 Å². The lowest BCUT2D eigenvalue weighted by Gasteiger charge is -2.22. The molecule has 2 aromatic carbocycles. The van der Waals surface area contributed by atoms with Crippen molar-refractivity contribution in [1.29, 1.82) is 0 Å². The highest BCUT2D eigenvalue weighted by molar-refractivity contribution is 5.94. The summed E-state index contributed by atoms with van der Waals surface area (Å²) in [5.74, 6) is -0.0131. The van der Waals surface area contributed by atoms with Crippen LogP contribution in [0.15, 0.2) is 54.6 Å². The molecule has 1 atom stereocenters. The van der Waals surface area contributed by atoms with Crippen LogP contribution >= 0.6 is 0 Å². The van der Waals surface area contributed by atoms with E-state index in [2.05, 4.69) is 31.5 Å². The first-order chi connectivity index (χ1) is 10.1. The van der Waals surface area contributed by atoms with Gasteiger partial charge in [-0.1, -0.05) is 48.0 Å². The predicted molar refractivity (Wildman–Crippen MR) is 85.5 cm³/mol. The molecule has 0 aliphatic carbocycles. The first kappa shape index (κ1) is 15.3. The lowest BCUT2D eigenvalue weighted by molar-refractivity contribution is -0.890. The van der Waals surface area contributed by atoms with Crippen molar-refractivity contribution in [2.75, 3.05) is 20.6 Å². The SMILES string of the molecule is Cc1cccc(C(=O)NC[C@@H](c2ccccc2)[NH+](C)C)c1. The fraction of sp³-hybridized carbons (Fsp3) is 0.278. The summed E-state index contributed by atoms with van der Waals surface area (Å²) in [6.45, 7) is 2.62. The molecule has 0 bridgehead atoms. The molecule has 0 fully saturated rings. The van der Waals surface area contributed by atoms with Crippen LogP contribution < -0.4 is 10.2 Å². The number of carbonyl (C=O) groups excluding carboxylic acids is 1. The lowest BCUT2D eigenvalue weighted by Crippen LogP contribution is -3.07. The van der Waals surface area contributed by atoms with Gasteiger partial charge in [-0.05, 0) is 19.1 Å². The Labute approximate surface area is 126 Å². The van der Waals surface area contributed by atoms with Crippen LogP contribution in [0.5, 0.6) is 0 Å². The van der Waals surface area contributed by atoms with Crippen molar-refractivity contribution in [2.45, 2.75) is 13.0 Å². The smallest absolute Gasteiger partial charge is 0.251 e. The minimum absolute atomic E-state index is 0.0131. The Morgan fingerprint density at radius 3 is 2.43 bits per heavy atom. The average molecular weight is 283 g/mol. The Kier molecular flexibility index (Phi) is 5.12. The first-order valence-electron chi connectivity index (χ1n) is 7.28. The molecule has 3 heteroatoms. The van der Waals surface area contributed by atoms with Gasteiger partial charge < -0.3 is 10.2 Å². The Morgan fingerprint density at radius 1 is 1.10 bits per heavy atom. The van der Waals surface area contributed by atoms with E-state index in [-0.39, 0.29) is 11.9 Å². The molecule has 1 amide bonds. The summed E-state index contributed by atoms with van der Waals surface area (Å²) in [7, 11) is 4.22. The van der Waals surface area contributed by atoms with Crippen LogP contribution in [0.25, 0.3) is 0 Å². The highest BCUT2D eigenvalue weighted by Gasteiger charge is 2.18. The van der Waals surface area contributed by atoms with Gasteiger partial charge in [0.05, 0.1) is 20.6 Å². The summed E-state index contributed by atoms with van der Waals surface area (Å²) < 4.78 is 0. The van der Waals surface area contributed by atoms with Crippen molar-refractivity contribution >= 4 is 5.91 Å². The van der Waals surface area contributed by atoms with Gasteiger partial charge in [0, 0.05) is 11.1 Å². The maximum absolute atomic E-state index is 12.2. The fourth-order valence-electron chi connectivity index (χ4n) is 2.42. The molecule has 110 valence electrons. The van der Waals surface area contributed by atoms with E-state index in [4.69, 9.17) is 0 Å². The van der Waals surface area contributed by atoms with Crippen LogP contribution in [0.3, 0.4) is 0 Å². The van der Waals surface area contributed by atoms with Gasteiger partial charge in [-0.15, -0.1) is 0 Å². The van der Waals surface area contributed by atoms with E-state index in [1.165, 1.54) is 10.5 Å². The largest absolute Gasteiger partial charge is 0.346 e. The van der Waals surface area contributed by atoms with Crippen molar-refractivity contribution in [3.05, 3.63) is 71.3 Å². The third-order valence-electron chi connectivity index (χ3n) is 3.65. The molecule has 0 unspecified atom stereocenters. The Balaban J connectivity index is 2.04. The molecule has 2 N–H and O–H groups in total. The van der Waals surface area contributed by atoms with Crippen LogP contribution in [0, 0.1) is 6.92 Å². The topological polar surface area (TPSA) is 33.5 Å². The van der Waals surface area contributed by atoms with Gasteiger partial charge in [-0.3, -0.25) is 4.79 Å². The zero-order valence-electron chi connectivity index (χ0n) is 12.9. The van der Waals surface area contributed by atoms with Crippen LogP contribution in [-0.2, 0) is 0 Å². The third kappa shape index (κ3) is 4.17. The number of hydrogen-bond acceptors (Lipinski definition) is 1. The summed E-state index contributed by atoms with van der Waals surface area (Å²) in [5, 5.41) is 3.05. The zero-order chi connectivity index (χ0) is 15.2. The molecule has 2 aromatic rings. The van der Waals surface area contributed by atoms with Crippen molar-refractivity contribution in [2.24, 2.45) is 0 Å². The quantitative estimate of drug-likeness (QED) is 0.859. The normalized spacial score (nSPS) is 12.2. The molecular formula is C18H23N2O+. The molecular weight excluding hydrogens is 260 g/mol. The number of aryl methyl sites for hydroxylation is 1. The number of benzene rings is 2. The van der Waals surface area contributed by atoms with Crippen LogP contribution in [0.4, 0.5) is 0 Å². The fourth-order valence-corrected chi connectivity index (χ4v) is 2.42. The minimum Gasteiger partial charge on any atom is -0.346 e. The van der Waals surface area contributed by atoms with Gasteiger partial charge in [0.15, 0.2) is 0 Å². The van der Waals surface area contributed by atoms with E-state index in [1.807, 2.05) is 49.4 Å². The summed E-state index contributed by atoms with van der Waals surface area (Å²) in [4.78, 5) is 13.5. The van der Waals surface area contributed by atoms with Crippen LogP contribution in [-0.4, -0.2) is 26.5 Å². The molecule has 0 saturated heterocycles. The number of amides is 1. The number of quaternary nitrogens is 1. The van der Waals surface area contributed by atoms with Crippen molar-refractivity contribution < 1.29 is 9.69 Å². The minimum atomic E-state index is -0.0131. The van der Waals surface area contributed by atoms with E-state index in [9.17, 15) is 4.79 Å². The molecule has 21 heavy (non-hydrogen) atoms. The van der Waals surface area contributed by atoms with E-state index in [1.54, 1.807) is 0 Å². The Bertz CT molecular complexity index is 593.